The van der Waals surface area contributed by atoms with Crippen molar-refractivity contribution in [3.05, 3.63) is 267 Å². The third-order valence-electron chi connectivity index (χ3n) is 14.4. The Labute approximate surface area is 411 Å². The van der Waals surface area contributed by atoms with E-state index in [0.717, 1.165) is 78.1 Å². The molecule has 3 nitrogen and oxygen atoms in total. The molecule has 0 radical (unpaired) electrons. The van der Waals surface area contributed by atoms with Crippen LogP contribution in [-0.4, -0.2) is 4.57 Å². The molecule has 12 aromatic carbocycles. The predicted octanol–water partition coefficient (Wildman–Crippen LogP) is 19.1. The summed E-state index contributed by atoms with van der Waals surface area (Å²) < 4.78 is 8.96. The Hall–Kier alpha value is -9.44. The maximum absolute atomic E-state index is 6.54. The second-order valence-electron chi connectivity index (χ2n) is 18.4. The van der Waals surface area contributed by atoms with Crippen molar-refractivity contribution in [2.75, 3.05) is 4.90 Å². The number of fused-ring (bicyclic) bond motifs is 9. The lowest BCUT2D eigenvalue weighted by molar-refractivity contribution is 0.670. The van der Waals surface area contributed by atoms with Crippen molar-refractivity contribution in [3.8, 4) is 50.2 Å². The molecule has 2 heterocycles. The van der Waals surface area contributed by atoms with E-state index in [2.05, 4.69) is 270 Å². The van der Waals surface area contributed by atoms with E-state index in [-0.39, 0.29) is 0 Å². The number of para-hydroxylation sites is 5. The number of rotatable bonds is 8. The first-order valence-electron chi connectivity index (χ1n) is 24.3. The van der Waals surface area contributed by atoms with Gasteiger partial charge in [-0.2, -0.15) is 0 Å². The summed E-state index contributed by atoms with van der Waals surface area (Å²) in [7, 11) is 0. The molecule has 0 spiro atoms. The minimum Gasteiger partial charge on any atom is -0.455 e. The van der Waals surface area contributed by atoms with Crippen LogP contribution in [0.5, 0.6) is 0 Å². The van der Waals surface area contributed by atoms with Gasteiger partial charge in [-0.15, -0.1) is 0 Å². The summed E-state index contributed by atoms with van der Waals surface area (Å²) in [5.74, 6) is 0. The molecule has 0 aliphatic rings. The molecule has 0 amide bonds. The molecule has 0 N–H and O–H groups in total. The van der Waals surface area contributed by atoms with Crippen molar-refractivity contribution in [1.29, 1.82) is 0 Å². The highest BCUT2D eigenvalue weighted by Crippen LogP contribution is 2.45. The highest BCUT2D eigenvalue weighted by atomic mass is 16.3. The lowest BCUT2D eigenvalue weighted by Gasteiger charge is -2.28. The molecule has 14 aromatic rings. The van der Waals surface area contributed by atoms with Gasteiger partial charge < -0.3 is 13.9 Å². The van der Waals surface area contributed by atoms with Crippen LogP contribution in [0.1, 0.15) is 0 Å². The monoisotopic (exact) mass is 904 g/mol. The van der Waals surface area contributed by atoms with Gasteiger partial charge in [0.05, 0.1) is 22.4 Å². The Bertz CT molecular complexity index is 4290. The summed E-state index contributed by atoms with van der Waals surface area (Å²) in [6, 6.07) is 96.7. The van der Waals surface area contributed by atoms with E-state index in [1.54, 1.807) is 0 Å². The van der Waals surface area contributed by atoms with Crippen LogP contribution < -0.4 is 4.90 Å². The number of benzene rings is 12. The molecule has 0 fully saturated rings. The highest BCUT2D eigenvalue weighted by molar-refractivity contribution is 6.15. The second kappa shape index (κ2) is 16.7. The zero-order valence-electron chi connectivity index (χ0n) is 38.7. The summed E-state index contributed by atoms with van der Waals surface area (Å²) in [6.45, 7) is 0. The Balaban J connectivity index is 0.869. The molecule has 0 atom stereocenters. The van der Waals surface area contributed by atoms with Gasteiger partial charge in [0.2, 0.25) is 0 Å². The molecular weight excluding hydrogens is 861 g/mol. The summed E-state index contributed by atoms with van der Waals surface area (Å²) in [5, 5.41) is 9.63. The predicted molar refractivity (Wildman–Crippen MR) is 299 cm³/mol. The second-order valence-corrected chi connectivity index (χ2v) is 18.4. The highest BCUT2D eigenvalue weighted by Gasteiger charge is 2.21. The van der Waals surface area contributed by atoms with E-state index in [0.29, 0.717) is 0 Å². The SMILES string of the molecule is c1cc(-c2ccc(N(c3ccc(-c4ccccc4-c4cccc5c4oc4ccccc45)cc3)c3cc4ccccc4c4ccccc34)cc2)cc(-c2ccccc2-n2c3ccccc3c3ccccc32)c1. The van der Waals surface area contributed by atoms with E-state index in [4.69, 9.17) is 4.42 Å². The summed E-state index contributed by atoms with van der Waals surface area (Å²) in [6.07, 6.45) is 0. The molecule has 0 saturated heterocycles. The maximum atomic E-state index is 6.54. The van der Waals surface area contributed by atoms with Crippen molar-refractivity contribution in [1.82, 2.24) is 4.57 Å². The van der Waals surface area contributed by atoms with E-state index < -0.39 is 0 Å². The van der Waals surface area contributed by atoms with Gasteiger partial charge in [-0.1, -0.05) is 206 Å². The van der Waals surface area contributed by atoms with E-state index in [1.807, 2.05) is 6.07 Å². The van der Waals surface area contributed by atoms with Gasteiger partial charge in [-0.25, -0.2) is 0 Å². The van der Waals surface area contributed by atoms with Crippen LogP contribution in [0.4, 0.5) is 17.1 Å². The van der Waals surface area contributed by atoms with Crippen molar-refractivity contribution in [2.24, 2.45) is 0 Å². The van der Waals surface area contributed by atoms with Crippen molar-refractivity contribution < 1.29 is 4.42 Å². The van der Waals surface area contributed by atoms with Gasteiger partial charge in [0, 0.05) is 49.4 Å². The number of hydrogen-bond acceptors (Lipinski definition) is 2. The lowest BCUT2D eigenvalue weighted by atomic mass is 9.93. The molecule has 0 aliphatic carbocycles. The largest absolute Gasteiger partial charge is 0.455 e. The lowest BCUT2D eigenvalue weighted by Crippen LogP contribution is -2.10. The Morgan fingerprint density at radius 1 is 0.296 bits per heavy atom. The maximum Gasteiger partial charge on any atom is 0.143 e. The summed E-state index contributed by atoms with van der Waals surface area (Å²) in [4.78, 5) is 2.42. The first-order valence-corrected chi connectivity index (χ1v) is 24.3. The molecule has 71 heavy (non-hydrogen) atoms. The van der Waals surface area contributed by atoms with Gasteiger partial charge in [-0.3, -0.25) is 0 Å². The zero-order valence-corrected chi connectivity index (χ0v) is 38.7. The number of furan rings is 1. The topological polar surface area (TPSA) is 21.3 Å². The molecule has 332 valence electrons. The molecule has 3 heteroatoms. The summed E-state index contributed by atoms with van der Waals surface area (Å²) >= 11 is 0. The van der Waals surface area contributed by atoms with Gasteiger partial charge in [0.25, 0.3) is 0 Å². The van der Waals surface area contributed by atoms with E-state index in [1.165, 1.54) is 54.5 Å². The van der Waals surface area contributed by atoms with Gasteiger partial charge in [0.1, 0.15) is 11.2 Å². The van der Waals surface area contributed by atoms with Gasteiger partial charge in [-0.05, 0) is 110 Å². The number of nitrogens with zero attached hydrogens (tertiary/aromatic N) is 2. The standard InChI is InChI=1S/C68H44N2O/c1-2-21-53-49(17-1)44-66(57-25-6-5-23-55(53)57)69(51-41-37-46(38-42-51)52-20-3-4-24-56(52)61-29-16-30-62-60-28-10-14-34-67(60)71-68(61)62)50-39-35-45(36-40-50)47-18-15-19-48(43-47)54-22-7-11-31-63(54)70-64-32-12-8-26-58(64)59-27-9-13-33-65(59)70/h1-44H. The molecule has 2 aromatic heterocycles. The fourth-order valence-electron chi connectivity index (χ4n) is 11.1. The molecule has 0 saturated carbocycles. The third-order valence-corrected chi connectivity index (χ3v) is 14.4. The van der Waals surface area contributed by atoms with Crippen LogP contribution in [0.3, 0.4) is 0 Å². The average molecular weight is 905 g/mol. The molecule has 0 bridgehead atoms. The fourth-order valence-corrected chi connectivity index (χ4v) is 11.1. The van der Waals surface area contributed by atoms with Crippen molar-refractivity contribution in [2.45, 2.75) is 0 Å². The van der Waals surface area contributed by atoms with Crippen LogP contribution in [0, 0.1) is 0 Å². The molecule has 0 aliphatic heterocycles. The molecular formula is C68H44N2O. The fraction of sp³-hybridized carbons (Fsp3) is 0. The van der Waals surface area contributed by atoms with E-state index in [9.17, 15) is 0 Å². The normalized spacial score (nSPS) is 11.7. The minimum atomic E-state index is 0.900. The van der Waals surface area contributed by atoms with Crippen molar-refractivity contribution >= 4 is 82.4 Å². The first-order chi connectivity index (χ1) is 35.2. The Morgan fingerprint density at radius 3 is 1.56 bits per heavy atom. The average Bonchev–Trinajstić information content (AvgIpc) is 4.00. The van der Waals surface area contributed by atoms with Crippen LogP contribution in [0.25, 0.3) is 115 Å². The smallest absolute Gasteiger partial charge is 0.143 e. The van der Waals surface area contributed by atoms with Gasteiger partial charge >= 0.3 is 0 Å². The van der Waals surface area contributed by atoms with E-state index >= 15 is 0 Å². The number of anilines is 3. The Kier molecular flexibility index (Phi) is 9.53. The van der Waals surface area contributed by atoms with Crippen LogP contribution in [-0.2, 0) is 0 Å². The van der Waals surface area contributed by atoms with Crippen LogP contribution in [0.15, 0.2) is 271 Å². The summed E-state index contributed by atoms with van der Waals surface area (Å²) in [5.41, 5.74) is 17.8. The van der Waals surface area contributed by atoms with Gasteiger partial charge in [0.15, 0.2) is 0 Å². The number of aromatic nitrogens is 1. The van der Waals surface area contributed by atoms with Crippen LogP contribution >= 0.6 is 0 Å². The third kappa shape index (κ3) is 6.74. The first kappa shape index (κ1) is 40.6. The van der Waals surface area contributed by atoms with Crippen molar-refractivity contribution in [3.63, 3.8) is 0 Å². The molecule has 0 unspecified atom stereocenters. The molecule has 14 rings (SSSR count). The van der Waals surface area contributed by atoms with Crippen LogP contribution in [0.2, 0.25) is 0 Å². The number of hydrogen-bond donors (Lipinski definition) is 0. The minimum absolute atomic E-state index is 0.900. The Morgan fingerprint density at radius 2 is 0.817 bits per heavy atom. The zero-order chi connectivity index (χ0) is 46.8. The quantitative estimate of drug-likeness (QED) is 0.142.